The third kappa shape index (κ3) is 3.91. The number of aliphatic hydroxyl groups is 1. The number of hydrogen-bond donors (Lipinski definition) is 3. The Labute approximate surface area is 124 Å². The minimum atomic E-state index is -0.594. The van der Waals surface area contributed by atoms with Gasteiger partial charge in [-0.3, -0.25) is 4.79 Å². The van der Waals surface area contributed by atoms with Crippen LogP contribution in [0, 0.1) is 18.7 Å². The Hall–Kier alpha value is -1.17. The highest BCUT2D eigenvalue weighted by Crippen LogP contribution is 2.24. The lowest BCUT2D eigenvalue weighted by Crippen LogP contribution is -2.30. The van der Waals surface area contributed by atoms with Crippen molar-refractivity contribution in [1.82, 2.24) is 5.32 Å². The molecular formula is C14H20ClFN2O2. The summed E-state index contributed by atoms with van der Waals surface area (Å²) < 4.78 is 13.1. The van der Waals surface area contributed by atoms with E-state index in [0.29, 0.717) is 24.9 Å². The average molecular weight is 303 g/mol. The predicted molar refractivity (Wildman–Crippen MR) is 76.9 cm³/mol. The van der Waals surface area contributed by atoms with E-state index in [1.165, 1.54) is 6.07 Å². The van der Waals surface area contributed by atoms with Crippen molar-refractivity contribution in [3.63, 3.8) is 0 Å². The zero-order valence-corrected chi connectivity index (χ0v) is 12.1. The number of nitrogens with two attached hydrogens (primary N) is 1. The van der Waals surface area contributed by atoms with Crippen LogP contribution in [0.15, 0.2) is 18.2 Å². The van der Waals surface area contributed by atoms with Gasteiger partial charge in [0, 0.05) is 18.5 Å². The Balaban J connectivity index is 0.00000200. The summed E-state index contributed by atoms with van der Waals surface area (Å²) in [4.78, 5) is 11.9. The molecule has 1 saturated carbocycles. The van der Waals surface area contributed by atoms with Crippen LogP contribution in [0.25, 0.3) is 0 Å². The lowest BCUT2D eigenvalue weighted by molar-refractivity contribution is -0.125. The molecule has 1 aromatic rings. The van der Waals surface area contributed by atoms with Crippen LogP contribution < -0.4 is 11.1 Å². The summed E-state index contributed by atoms with van der Waals surface area (Å²) in [6.07, 6.45) is 0.328. The topological polar surface area (TPSA) is 75.4 Å². The molecule has 4 nitrogen and oxygen atoms in total. The molecule has 0 heterocycles. The molecule has 0 bridgehead atoms. The smallest absolute Gasteiger partial charge is 0.223 e. The lowest BCUT2D eigenvalue weighted by atomic mass is 10.1. The number of benzene rings is 1. The van der Waals surface area contributed by atoms with Crippen LogP contribution in [-0.4, -0.2) is 23.2 Å². The summed E-state index contributed by atoms with van der Waals surface area (Å²) in [5.41, 5.74) is 7.10. The van der Waals surface area contributed by atoms with Gasteiger partial charge in [0.05, 0.1) is 6.10 Å². The zero-order valence-electron chi connectivity index (χ0n) is 11.3. The minimum Gasteiger partial charge on any atom is -0.391 e. The van der Waals surface area contributed by atoms with Crippen molar-refractivity contribution < 1.29 is 14.3 Å². The minimum absolute atomic E-state index is 0. The summed E-state index contributed by atoms with van der Waals surface area (Å²) in [6.45, 7) is 2.05. The van der Waals surface area contributed by atoms with E-state index in [2.05, 4.69) is 5.32 Å². The molecule has 4 N–H and O–H groups in total. The first-order chi connectivity index (χ1) is 8.97. The largest absolute Gasteiger partial charge is 0.391 e. The molecule has 0 aromatic heterocycles. The summed E-state index contributed by atoms with van der Waals surface area (Å²) >= 11 is 0. The number of aliphatic hydroxyl groups excluding tert-OH is 1. The van der Waals surface area contributed by atoms with Crippen molar-refractivity contribution in [2.75, 3.05) is 0 Å². The van der Waals surface area contributed by atoms with Gasteiger partial charge in [0.15, 0.2) is 0 Å². The maximum Gasteiger partial charge on any atom is 0.223 e. The molecule has 3 atom stereocenters. The highest BCUT2D eigenvalue weighted by molar-refractivity contribution is 5.85. The molecule has 0 radical (unpaired) electrons. The Kier molecular flexibility index (Phi) is 5.92. The van der Waals surface area contributed by atoms with Crippen molar-refractivity contribution in [2.24, 2.45) is 11.7 Å². The molecule has 0 unspecified atom stereocenters. The van der Waals surface area contributed by atoms with E-state index in [4.69, 9.17) is 5.73 Å². The molecule has 1 aliphatic carbocycles. The monoisotopic (exact) mass is 302 g/mol. The second kappa shape index (κ2) is 7.02. The van der Waals surface area contributed by atoms with Crippen LogP contribution in [0.2, 0.25) is 0 Å². The lowest BCUT2D eigenvalue weighted by Gasteiger charge is -2.11. The molecule has 1 amide bonds. The Bertz CT molecular complexity index is 474. The van der Waals surface area contributed by atoms with Crippen molar-refractivity contribution in [2.45, 2.75) is 38.5 Å². The quantitative estimate of drug-likeness (QED) is 0.787. The number of amides is 1. The molecule has 1 aliphatic rings. The van der Waals surface area contributed by atoms with Crippen LogP contribution in [0.4, 0.5) is 4.39 Å². The van der Waals surface area contributed by atoms with E-state index >= 15 is 0 Å². The number of hydrogen-bond acceptors (Lipinski definition) is 3. The van der Waals surface area contributed by atoms with Gasteiger partial charge < -0.3 is 16.2 Å². The second-order valence-electron chi connectivity index (χ2n) is 5.20. The number of halogens is 2. The fraction of sp³-hybridized carbons (Fsp3) is 0.500. The van der Waals surface area contributed by atoms with Crippen molar-refractivity contribution in [1.29, 1.82) is 0 Å². The first-order valence-corrected chi connectivity index (χ1v) is 6.43. The molecule has 0 spiro atoms. The van der Waals surface area contributed by atoms with E-state index < -0.39 is 6.10 Å². The molecule has 2 rings (SSSR count). The van der Waals surface area contributed by atoms with E-state index in [-0.39, 0.29) is 36.1 Å². The van der Waals surface area contributed by atoms with Crippen LogP contribution >= 0.6 is 12.4 Å². The normalized spacial score (nSPS) is 25.1. The van der Waals surface area contributed by atoms with Gasteiger partial charge in [-0.1, -0.05) is 12.1 Å². The summed E-state index contributed by atoms with van der Waals surface area (Å²) in [5.74, 6) is -0.583. The van der Waals surface area contributed by atoms with Crippen LogP contribution in [0.1, 0.15) is 24.0 Å². The highest BCUT2D eigenvalue weighted by Gasteiger charge is 2.34. The highest BCUT2D eigenvalue weighted by atomic mass is 35.5. The van der Waals surface area contributed by atoms with E-state index in [0.717, 1.165) is 5.56 Å². The van der Waals surface area contributed by atoms with Gasteiger partial charge in [-0.05, 0) is 37.0 Å². The molecule has 0 aliphatic heterocycles. The SMILES string of the molecule is Cc1cc(CNC(=O)[C@H]2C[C@H](N)[C@@H](O)C2)ccc1F.Cl. The first-order valence-electron chi connectivity index (χ1n) is 6.43. The fourth-order valence-electron chi connectivity index (χ4n) is 2.41. The molecular weight excluding hydrogens is 283 g/mol. The second-order valence-corrected chi connectivity index (χ2v) is 5.20. The maximum absolute atomic E-state index is 13.1. The third-order valence-corrected chi connectivity index (χ3v) is 3.64. The van der Waals surface area contributed by atoms with E-state index in [9.17, 15) is 14.3 Å². The summed E-state index contributed by atoms with van der Waals surface area (Å²) in [5, 5.41) is 12.3. The predicted octanol–water partition coefficient (Wildman–Crippen LogP) is 1.27. The number of nitrogens with one attached hydrogen (secondary N) is 1. The standard InChI is InChI=1S/C14H19FN2O2.ClH/c1-8-4-9(2-3-11(8)15)7-17-14(19)10-5-12(16)13(18)6-10;/h2-4,10,12-13,18H,5-7,16H2,1H3,(H,17,19);1H/t10-,12-,13-;/m0./s1. The van der Waals surface area contributed by atoms with Crippen LogP contribution in [0.5, 0.6) is 0 Å². The molecule has 112 valence electrons. The summed E-state index contributed by atoms with van der Waals surface area (Å²) in [6, 6.07) is 4.44. The van der Waals surface area contributed by atoms with Crippen molar-refractivity contribution in [3.05, 3.63) is 35.1 Å². The molecule has 6 heteroatoms. The van der Waals surface area contributed by atoms with Crippen LogP contribution in [-0.2, 0) is 11.3 Å². The van der Waals surface area contributed by atoms with Gasteiger partial charge in [0.25, 0.3) is 0 Å². The number of carbonyl (C=O) groups is 1. The van der Waals surface area contributed by atoms with Gasteiger partial charge in [-0.25, -0.2) is 4.39 Å². The number of carbonyl (C=O) groups excluding carboxylic acids is 1. The van der Waals surface area contributed by atoms with Gasteiger partial charge in [-0.15, -0.1) is 12.4 Å². The van der Waals surface area contributed by atoms with E-state index in [1.807, 2.05) is 0 Å². The first kappa shape index (κ1) is 16.9. The molecule has 0 saturated heterocycles. The van der Waals surface area contributed by atoms with Gasteiger partial charge in [-0.2, -0.15) is 0 Å². The van der Waals surface area contributed by atoms with Crippen molar-refractivity contribution >= 4 is 18.3 Å². The number of aryl methyl sites for hydroxylation is 1. The zero-order chi connectivity index (χ0) is 14.0. The Morgan fingerprint density at radius 2 is 2.20 bits per heavy atom. The van der Waals surface area contributed by atoms with Gasteiger partial charge >= 0.3 is 0 Å². The molecule has 1 fully saturated rings. The fourth-order valence-corrected chi connectivity index (χ4v) is 2.41. The Morgan fingerprint density at radius 3 is 2.75 bits per heavy atom. The van der Waals surface area contributed by atoms with Crippen LogP contribution in [0.3, 0.4) is 0 Å². The average Bonchev–Trinajstić information content (AvgIpc) is 2.71. The van der Waals surface area contributed by atoms with Gasteiger partial charge in [0.2, 0.25) is 5.91 Å². The molecule has 1 aromatic carbocycles. The number of rotatable bonds is 3. The van der Waals surface area contributed by atoms with E-state index in [1.54, 1.807) is 19.1 Å². The molecule has 20 heavy (non-hydrogen) atoms. The Morgan fingerprint density at radius 1 is 1.50 bits per heavy atom. The third-order valence-electron chi connectivity index (χ3n) is 3.64. The van der Waals surface area contributed by atoms with Crippen molar-refractivity contribution in [3.8, 4) is 0 Å². The van der Waals surface area contributed by atoms with Gasteiger partial charge in [0.1, 0.15) is 5.82 Å². The summed E-state index contributed by atoms with van der Waals surface area (Å²) in [7, 11) is 0. The maximum atomic E-state index is 13.1.